The second-order valence-corrected chi connectivity index (χ2v) is 7.57. The van der Waals surface area contributed by atoms with Crippen LogP contribution in [0.5, 0.6) is 0 Å². The number of amides is 2. The van der Waals surface area contributed by atoms with Crippen LogP contribution in [0, 0.1) is 0 Å². The number of nitrogens with zero attached hydrogens (tertiary/aromatic N) is 1. The molecule has 1 aliphatic heterocycles. The van der Waals surface area contributed by atoms with Crippen molar-refractivity contribution in [2.45, 2.75) is 18.6 Å². The van der Waals surface area contributed by atoms with E-state index in [-0.39, 0.29) is 6.03 Å². The number of halogens is 3. The lowest BCUT2D eigenvalue weighted by molar-refractivity contribution is -0.137. The third-order valence-corrected chi connectivity index (χ3v) is 5.78. The molecule has 1 unspecified atom stereocenters. The molecule has 2 amide bonds. The minimum absolute atomic E-state index is 0.328. The zero-order valence-electron chi connectivity index (χ0n) is 14.7. The molecule has 2 heterocycles. The number of fused-ring (bicyclic) bond motifs is 1. The molecule has 1 aromatic heterocycles. The predicted octanol–water partition coefficient (Wildman–Crippen LogP) is 5.95. The highest BCUT2D eigenvalue weighted by atomic mass is 32.1. The number of carbonyl (C=O) groups is 1. The van der Waals surface area contributed by atoms with Crippen LogP contribution in [0.4, 0.5) is 23.7 Å². The van der Waals surface area contributed by atoms with Crippen LogP contribution in [-0.2, 0) is 12.6 Å². The first-order valence-electron chi connectivity index (χ1n) is 8.79. The Balaban J connectivity index is 1.72. The van der Waals surface area contributed by atoms with Crippen molar-refractivity contribution in [1.82, 2.24) is 4.90 Å². The van der Waals surface area contributed by atoms with Gasteiger partial charge in [-0.05, 0) is 53.3 Å². The summed E-state index contributed by atoms with van der Waals surface area (Å²) < 4.78 is 39.7. The van der Waals surface area contributed by atoms with Crippen LogP contribution in [0.1, 0.15) is 27.6 Å². The molecular formula is C21H17F3N2OS. The maximum absolute atomic E-state index is 13.2. The summed E-state index contributed by atoms with van der Waals surface area (Å²) >= 11 is 1.57. The van der Waals surface area contributed by atoms with Gasteiger partial charge in [-0.2, -0.15) is 13.2 Å². The molecular weight excluding hydrogens is 385 g/mol. The first-order chi connectivity index (χ1) is 13.4. The highest BCUT2D eigenvalue weighted by Crippen LogP contribution is 2.40. The van der Waals surface area contributed by atoms with Crippen molar-refractivity contribution in [2.75, 3.05) is 11.9 Å². The van der Waals surface area contributed by atoms with Gasteiger partial charge >= 0.3 is 12.2 Å². The van der Waals surface area contributed by atoms with Gasteiger partial charge in [-0.1, -0.05) is 30.3 Å². The van der Waals surface area contributed by atoms with Gasteiger partial charge in [-0.15, -0.1) is 11.3 Å². The van der Waals surface area contributed by atoms with Gasteiger partial charge in [0.05, 0.1) is 11.6 Å². The summed E-state index contributed by atoms with van der Waals surface area (Å²) in [5, 5.41) is 4.77. The zero-order chi connectivity index (χ0) is 19.7. The van der Waals surface area contributed by atoms with Crippen LogP contribution in [0.25, 0.3) is 0 Å². The lowest BCUT2D eigenvalue weighted by Gasteiger charge is -2.36. The molecule has 0 radical (unpaired) electrons. The van der Waals surface area contributed by atoms with Crippen LogP contribution < -0.4 is 5.32 Å². The van der Waals surface area contributed by atoms with Crippen LogP contribution in [0.15, 0.2) is 66.0 Å². The minimum Gasteiger partial charge on any atom is -0.313 e. The van der Waals surface area contributed by atoms with Crippen molar-refractivity contribution in [1.29, 1.82) is 0 Å². The van der Waals surface area contributed by atoms with Gasteiger partial charge in [-0.3, -0.25) is 0 Å². The molecule has 1 aliphatic rings. The number of alkyl halides is 3. The molecule has 3 aromatic rings. The molecule has 3 nitrogen and oxygen atoms in total. The average Bonchev–Trinajstić information content (AvgIpc) is 3.16. The normalized spacial score (nSPS) is 16.5. The van der Waals surface area contributed by atoms with Gasteiger partial charge in [0.25, 0.3) is 0 Å². The van der Waals surface area contributed by atoms with Crippen molar-refractivity contribution in [2.24, 2.45) is 0 Å². The zero-order valence-corrected chi connectivity index (χ0v) is 15.6. The molecule has 1 N–H and O–H groups in total. The summed E-state index contributed by atoms with van der Waals surface area (Å²) in [6.07, 6.45) is -3.75. The summed E-state index contributed by atoms with van der Waals surface area (Å²) in [4.78, 5) is 15.7. The summed E-state index contributed by atoms with van der Waals surface area (Å²) in [6.45, 7) is 0.438. The Kier molecular flexibility index (Phi) is 4.85. The Morgan fingerprint density at radius 3 is 2.61 bits per heavy atom. The third kappa shape index (κ3) is 3.62. The van der Waals surface area contributed by atoms with E-state index in [1.54, 1.807) is 34.4 Å². The third-order valence-electron chi connectivity index (χ3n) is 4.78. The number of anilines is 1. The van der Waals surface area contributed by atoms with Crippen LogP contribution in [0.3, 0.4) is 0 Å². The van der Waals surface area contributed by atoms with E-state index in [1.807, 2.05) is 29.6 Å². The molecule has 0 aliphatic carbocycles. The van der Waals surface area contributed by atoms with Crippen LogP contribution in [-0.4, -0.2) is 17.5 Å². The van der Waals surface area contributed by atoms with E-state index in [1.165, 1.54) is 6.07 Å². The Labute approximate surface area is 164 Å². The van der Waals surface area contributed by atoms with Crippen LogP contribution in [0.2, 0.25) is 0 Å². The second kappa shape index (κ2) is 7.31. The highest BCUT2D eigenvalue weighted by molar-refractivity contribution is 7.10. The molecule has 0 bridgehead atoms. The maximum Gasteiger partial charge on any atom is 0.416 e. The monoisotopic (exact) mass is 402 g/mol. The van der Waals surface area contributed by atoms with Crippen molar-refractivity contribution in [3.05, 3.63) is 87.6 Å². The van der Waals surface area contributed by atoms with Crippen molar-refractivity contribution in [3.63, 3.8) is 0 Å². The molecule has 1 atom stereocenters. The summed E-state index contributed by atoms with van der Waals surface area (Å²) in [6, 6.07) is 15.3. The van der Waals surface area contributed by atoms with Gasteiger partial charge in [0.15, 0.2) is 0 Å². The Morgan fingerprint density at radius 2 is 1.86 bits per heavy atom. The Hall–Kier alpha value is -2.80. The van der Waals surface area contributed by atoms with Gasteiger partial charge in [0, 0.05) is 17.1 Å². The predicted molar refractivity (Wildman–Crippen MR) is 103 cm³/mol. The number of carbonyl (C=O) groups excluding carboxylic acids is 1. The van der Waals surface area contributed by atoms with E-state index in [9.17, 15) is 18.0 Å². The maximum atomic E-state index is 13.2. The fourth-order valence-electron chi connectivity index (χ4n) is 3.50. The molecule has 7 heteroatoms. The van der Waals surface area contributed by atoms with Crippen molar-refractivity contribution < 1.29 is 18.0 Å². The standard InChI is InChI=1S/C21H17F3N2OS/c22-21(23,24)15-6-4-5-14(13-15)19-17-10-12-28-18(17)9-11-26(19)20(27)25-16-7-2-1-3-8-16/h1-8,10,12-13,19H,9,11H2,(H,25,27). The van der Waals surface area contributed by atoms with E-state index in [0.29, 0.717) is 24.2 Å². The van der Waals surface area contributed by atoms with E-state index < -0.39 is 17.8 Å². The summed E-state index contributed by atoms with van der Waals surface area (Å²) in [5.74, 6) is 0. The average molecular weight is 402 g/mol. The van der Waals surface area contributed by atoms with Gasteiger partial charge in [0.2, 0.25) is 0 Å². The lowest BCUT2D eigenvalue weighted by Crippen LogP contribution is -2.42. The lowest BCUT2D eigenvalue weighted by atomic mass is 9.92. The number of thiophene rings is 1. The molecule has 0 fully saturated rings. The molecule has 0 spiro atoms. The second-order valence-electron chi connectivity index (χ2n) is 6.56. The molecule has 2 aromatic carbocycles. The smallest absolute Gasteiger partial charge is 0.313 e. The van der Waals surface area contributed by atoms with Crippen molar-refractivity contribution in [3.8, 4) is 0 Å². The number of hydrogen-bond donors (Lipinski definition) is 1. The number of benzene rings is 2. The number of nitrogens with one attached hydrogen (secondary N) is 1. The number of urea groups is 1. The molecule has 0 saturated heterocycles. The van der Waals surface area contributed by atoms with Gasteiger partial charge < -0.3 is 10.2 Å². The van der Waals surface area contributed by atoms with Gasteiger partial charge in [0.1, 0.15) is 0 Å². The molecule has 28 heavy (non-hydrogen) atoms. The van der Waals surface area contributed by atoms with E-state index >= 15 is 0 Å². The first-order valence-corrected chi connectivity index (χ1v) is 9.67. The van der Waals surface area contributed by atoms with Crippen LogP contribution >= 0.6 is 11.3 Å². The number of para-hydroxylation sites is 1. The largest absolute Gasteiger partial charge is 0.416 e. The quantitative estimate of drug-likeness (QED) is 0.565. The fourth-order valence-corrected chi connectivity index (χ4v) is 4.40. The molecule has 0 saturated carbocycles. The van der Waals surface area contributed by atoms with E-state index in [4.69, 9.17) is 0 Å². The fraction of sp³-hybridized carbons (Fsp3) is 0.190. The molecule has 144 valence electrons. The topological polar surface area (TPSA) is 32.3 Å². The molecule has 4 rings (SSSR count). The SMILES string of the molecule is O=C(Nc1ccccc1)N1CCc2sccc2C1c1cccc(C(F)(F)F)c1. The number of hydrogen-bond acceptors (Lipinski definition) is 2. The van der Waals surface area contributed by atoms with Crippen molar-refractivity contribution >= 4 is 23.1 Å². The Morgan fingerprint density at radius 1 is 1.07 bits per heavy atom. The summed E-state index contributed by atoms with van der Waals surface area (Å²) in [5.41, 5.74) is 1.28. The Bertz CT molecular complexity index is 985. The highest BCUT2D eigenvalue weighted by Gasteiger charge is 2.35. The number of rotatable bonds is 2. The first kappa shape index (κ1) is 18.6. The van der Waals surface area contributed by atoms with E-state index in [0.717, 1.165) is 22.6 Å². The van der Waals surface area contributed by atoms with E-state index in [2.05, 4.69) is 5.32 Å². The van der Waals surface area contributed by atoms with Gasteiger partial charge in [-0.25, -0.2) is 4.79 Å². The summed E-state index contributed by atoms with van der Waals surface area (Å²) in [7, 11) is 0. The minimum atomic E-state index is -4.43.